The molecular weight excluding hydrogens is 326 g/mol. The molecule has 3 rings (SSSR count). The van der Waals surface area contributed by atoms with Crippen molar-refractivity contribution in [3.8, 4) is 0 Å². The van der Waals surface area contributed by atoms with Crippen LogP contribution < -0.4 is 10.6 Å². The van der Waals surface area contributed by atoms with Gasteiger partial charge in [0.1, 0.15) is 0 Å². The van der Waals surface area contributed by atoms with Gasteiger partial charge in [0.2, 0.25) is 5.91 Å². The number of nitrogens with one attached hydrogen (secondary N) is 2. The number of benzene rings is 1. The summed E-state index contributed by atoms with van der Waals surface area (Å²) < 4.78 is 0. The largest absolute Gasteiger partial charge is 0.352 e. The zero-order valence-corrected chi connectivity index (χ0v) is 16.2. The van der Waals surface area contributed by atoms with Crippen molar-refractivity contribution >= 4 is 11.8 Å². The van der Waals surface area contributed by atoms with Gasteiger partial charge in [-0.2, -0.15) is 0 Å². The van der Waals surface area contributed by atoms with E-state index in [1.807, 2.05) is 30.9 Å². The molecule has 2 saturated heterocycles. The van der Waals surface area contributed by atoms with Gasteiger partial charge in [-0.25, -0.2) is 0 Å². The van der Waals surface area contributed by atoms with Crippen LogP contribution in [0.2, 0.25) is 0 Å². The molecule has 2 amide bonds. The van der Waals surface area contributed by atoms with Crippen LogP contribution in [-0.2, 0) is 4.79 Å². The van der Waals surface area contributed by atoms with E-state index >= 15 is 0 Å². The first kappa shape index (κ1) is 18.9. The van der Waals surface area contributed by atoms with Gasteiger partial charge in [0.05, 0.1) is 5.92 Å². The van der Waals surface area contributed by atoms with Crippen LogP contribution in [0.5, 0.6) is 0 Å². The number of likely N-dealkylation sites (tertiary alicyclic amines) is 1. The molecule has 0 bridgehead atoms. The van der Waals surface area contributed by atoms with Crippen molar-refractivity contribution < 1.29 is 9.59 Å². The second-order valence-electron chi connectivity index (χ2n) is 7.97. The van der Waals surface area contributed by atoms with Gasteiger partial charge in [-0.3, -0.25) is 9.59 Å². The van der Waals surface area contributed by atoms with E-state index < -0.39 is 0 Å². The fourth-order valence-electron chi connectivity index (χ4n) is 4.20. The lowest BCUT2D eigenvalue weighted by Crippen LogP contribution is -2.54. The minimum atomic E-state index is -0.104. The number of hydrogen-bond acceptors (Lipinski definition) is 3. The molecule has 2 aliphatic heterocycles. The van der Waals surface area contributed by atoms with Gasteiger partial charge >= 0.3 is 0 Å². The topological polar surface area (TPSA) is 61.4 Å². The number of carbonyl (C=O) groups is 2. The Balaban J connectivity index is 1.63. The van der Waals surface area contributed by atoms with E-state index in [1.165, 1.54) is 0 Å². The third-order valence-electron chi connectivity index (χ3n) is 5.64. The van der Waals surface area contributed by atoms with Gasteiger partial charge in [-0.1, -0.05) is 17.2 Å². The van der Waals surface area contributed by atoms with Crippen molar-refractivity contribution in [1.29, 1.82) is 0 Å². The molecule has 0 aliphatic carbocycles. The molecule has 3 unspecified atom stereocenters. The van der Waals surface area contributed by atoms with Crippen molar-refractivity contribution in [2.45, 2.75) is 58.5 Å². The fourth-order valence-corrected chi connectivity index (χ4v) is 4.20. The van der Waals surface area contributed by atoms with Gasteiger partial charge in [-0.15, -0.1) is 0 Å². The third-order valence-corrected chi connectivity index (χ3v) is 5.64. The number of amides is 2. The molecule has 2 heterocycles. The van der Waals surface area contributed by atoms with E-state index in [1.54, 1.807) is 0 Å². The van der Waals surface area contributed by atoms with E-state index in [-0.39, 0.29) is 23.8 Å². The number of hydrogen-bond donors (Lipinski definition) is 2. The standard InChI is InChI=1S/C21H31N3O2/c1-14-10-15(2)12-18(11-14)21(26)24-9-5-6-17(13-24)20(25)23-19-7-4-8-22-16(19)3/h10-12,16-17,19,22H,4-9,13H2,1-3H3,(H,23,25). The fraction of sp³-hybridized carbons (Fsp3) is 0.619. The number of nitrogens with zero attached hydrogens (tertiary/aromatic N) is 1. The maximum Gasteiger partial charge on any atom is 0.253 e. The smallest absolute Gasteiger partial charge is 0.253 e. The Morgan fingerprint density at radius 2 is 1.85 bits per heavy atom. The Kier molecular flexibility index (Phi) is 5.97. The van der Waals surface area contributed by atoms with Gasteiger partial charge in [-0.05, 0) is 65.1 Å². The molecule has 0 saturated carbocycles. The van der Waals surface area contributed by atoms with Gasteiger partial charge in [0.15, 0.2) is 0 Å². The van der Waals surface area contributed by atoms with E-state index in [0.717, 1.165) is 55.5 Å². The molecule has 26 heavy (non-hydrogen) atoms. The van der Waals surface area contributed by atoms with E-state index in [2.05, 4.69) is 23.6 Å². The van der Waals surface area contributed by atoms with Crippen LogP contribution in [0, 0.1) is 19.8 Å². The zero-order chi connectivity index (χ0) is 18.7. The SMILES string of the molecule is Cc1cc(C)cc(C(=O)N2CCCC(C(=O)NC3CCCNC3C)C2)c1. The van der Waals surface area contributed by atoms with E-state index in [4.69, 9.17) is 0 Å². The van der Waals surface area contributed by atoms with Crippen LogP contribution >= 0.6 is 0 Å². The Hall–Kier alpha value is -1.88. The van der Waals surface area contributed by atoms with E-state index in [9.17, 15) is 9.59 Å². The molecular formula is C21H31N3O2. The summed E-state index contributed by atoms with van der Waals surface area (Å²) in [7, 11) is 0. The molecule has 1 aromatic carbocycles. The predicted molar refractivity (Wildman–Crippen MR) is 103 cm³/mol. The molecule has 5 nitrogen and oxygen atoms in total. The average molecular weight is 357 g/mol. The minimum Gasteiger partial charge on any atom is -0.352 e. The van der Waals surface area contributed by atoms with E-state index in [0.29, 0.717) is 12.6 Å². The lowest BCUT2D eigenvalue weighted by Gasteiger charge is -2.35. The zero-order valence-electron chi connectivity index (χ0n) is 16.2. The molecule has 3 atom stereocenters. The first-order valence-corrected chi connectivity index (χ1v) is 9.85. The van der Waals surface area contributed by atoms with Gasteiger partial charge in [0, 0.05) is 30.7 Å². The summed E-state index contributed by atoms with van der Waals surface area (Å²) in [5.41, 5.74) is 2.92. The van der Waals surface area contributed by atoms with Crippen molar-refractivity contribution in [2.75, 3.05) is 19.6 Å². The molecule has 0 radical (unpaired) electrons. The Morgan fingerprint density at radius 1 is 1.12 bits per heavy atom. The van der Waals surface area contributed by atoms with Crippen molar-refractivity contribution in [3.63, 3.8) is 0 Å². The highest BCUT2D eigenvalue weighted by atomic mass is 16.2. The van der Waals surface area contributed by atoms with Gasteiger partial charge < -0.3 is 15.5 Å². The summed E-state index contributed by atoms with van der Waals surface area (Å²) in [6, 6.07) is 6.46. The van der Waals surface area contributed by atoms with Crippen LogP contribution in [-0.4, -0.2) is 48.4 Å². The van der Waals surface area contributed by atoms with Crippen molar-refractivity contribution in [2.24, 2.45) is 5.92 Å². The molecule has 0 aromatic heterocycles. The lowest BCUT2D eigenvalue weighted by atomic mass is 9.94. The molecule has 0 spiro atoms. The molecule has 5 heteroatoms. The molecule has 2 N–H and O–H groups in total. The number of piperidine rings is 2. The van der Waals surface area contributed by atoms with Crippen LogP contribution in [0.4, 0.5) is 0 Å². The average Bonchev–Trinajstić information content (AvgIpc) is 2.62. The summed E-state index contributed by atoms with van der Waals surface area (Å²) in [4.78, 5) is 27.5. The van der Waals surface area contributed by atoms with Crippen LogP contribution in [0.15, 0.2) is 18.2 Å². The summed E-state index contributed by atoms with van der Waals surface area (Å²) >= 11 is 0. The van der Waals surface area contributed by atoms with Crippen LogP contribution in [0.25, 0.3) is 0 Å². The maximum atomic E-state index is 12.9. The second kappa shape index (κ2) is 8.21. The highest BCUT2D eigenvalue weighted by Crippen LogP contribution is 2.21. The Morgan fingerprint density at radius 3 is 2.54 bits per heavy atom. The Labute approximate surface area is 156 Å². The molecule has 2 aliphatic rings. The number of carbonyl (C=O) groups excluding carboxylic acids is 2. The van der Waals surface area contributed by atoms with Crippen molar-refractivity contribution in [3.05, 3.63) is 34.9 Å². The quantitative estimate of drug-likeness (QED) is 0.873. The molecule has 2 fully saturated rings. The summed E-state index contributed by atoms with van der Waals surface area (Å²) in [5.74, 6) is 0.0400. The lowest BCUT2D eigenvalue weighted by molar-refractivity contribution is -0.127. The predicted octanol–water partition coefficient (Wildman–Crippen LogP) is 2.41. The van der Waals surface area contributed by atoms with Crippen molar-refractivity contribution in [1.82, 2.24) is 15.5 Å². The molecule has 142 valence electrons. The normalized spacial score (nSPS) is 26.4. The third kappa shape index (κ3) is 4.44. The summed E-state index contributed by atoms with van der Waals surface area (Å²) in [6.07, 6.45) is 3.86. The first-order valence-electron chi connectivity index (χ1n) is 9.85. The highest BCUT2D eigenvalue weighted by Gasteiger charge is 2.31. The monoisotopic (exact) mass is 357 g/mol. The summed E-state index contributed by atoms with van der Waals surface area (Å²) in [6.45, 7) is 8.42. The van der Waals surface area contributed by atoms with Crippen LogP contribution in [0.1, 0.15) is 54.1 Å². The summed E-state index contributed by atoms with van der Waals surface area (Å²) in [5, 5.41) is 6.64. The number of rotatable bonds is 3. The second-order valence-corrected chi connectivity index (χ2v) is 7.97. The maximum absolute atomic E-state index is 12.9. The Bertz CT molecular complexity index is 653. The molecule has 1 aromatic rings. The minimum absolute atomic E-state index is 0.0435. The van der Waals surface area contributed by atoms with Crippen LogP contribution in [0.3, 0.4) is 0 Å². The highest BCUT2D eigenvalue weighted by molar-refractivity contribution is 5.95. The number of aryl methyl sites for hydroxylation is 2. The first-order chi connectivity index (χ1) is 12.4. The van der Waals surface area contributed by atoms with Gasteiger partial charge in [0.25, 0.3) is 5.91 Å².